The summed E-state index contributed by atoms with van der Waals surface area (Å²) in [5.74, 6) is -2.09. The van der Waals surface area contributed by atoms with Crippen LogP contribution in [0, 0.1) is 0 Å². The molecule has 0 saturated carbocycles. The Bertz CT molecular complexity index is 1150. The Kier molecular flexibility index (Phi) is 11.2. The third-order valence-electron chi connectivity index (χ3n) is 4.95. The zero-order chi connectivity index (χ0) is 28.7. The molecule has 0 aliphatic rings. The summed E-state index contributed by atoms with van der Waals surface area (Å²) in [6.07, 6.45) is 0. The molecule has 0 aliphatic carbocycles. The van der Waals surface area contributed by atoms with Gasteiger partial charge in [0.1, 0.15) is 12.2 Å². The van der Waals surface area contributed by atoms with Gasteiger partial charge in [0.2, 0.25) is 3.79 Å². The smallest absolute Gasteiger partial charge is 0.340 e. The van der Waals surface area contributed by atoms with Gasteiger partial charge in [-0.05, 0) is 56.1 Å². The highest BCUT2D eigenvalue weighted by Gasteiger charge is 2.27. The molecule has 208 valence electrons. The number of hydrogen-bond donors (Lipinski definition) is 0. The molecule has 2 aromatic rings. The second kappa shape index (κ2) is 13.3. The van der Waals surface area contributed by atoms with Crippen molar-refractivity contribution in [3.63, 3.8) is 0 Å². The van der Waals surface area contributed by atoms with Crippen LogP contribution in [0.25, 0.3) is 11.1 Å². The minimum atomic E-state index is -1.79. The van der Waals surface area contributed by atoms with Crippen LogP contribution in [0.15, 0.2) is 42.5 Å². The molecular formula is C27H33Cl3O7Si. The highest BCUT2D eigenvalue weighted by molar-refractivity contribution is 6.76. The number of benzene rings is 2. The first-order valence-corrected chi connectivity index (χ1v) is 16.8. The molecule has 0 heterocycles. The molecule has 2 rings (SSSR count). The molecule has 7 nitrogen and oxygen atoms in total. The average molecular weight is 604 g/mol. The van der Waals surface area contributed by atoms with Gasteiger partial charge in [0.15, 0.2) is 6.79 Å². The molecule has 2 aromatic carbocycles. The Morgan fingerprint density at radius 2 is 1.45 bits per heavy atom. The van der Waals surface area contributed by atoms with Crippen LogP contribution in [-0.2, 0) is 18.9 Å². The number of alkyl halides is 3. The lowest BCUT2D eigenvalue weighted by atomic mass is 9.93. The monoisotopic (exact) mass is 602 g/mol. The van der Waals surface area contributed by atoms with Crippen molar-refractivity contribution in [3.8, 4) is 11.1 Å². The first kappa shape index (κ1) is 32.1. The van der Waals surface area contributed by atoms with Crippen LogP contribution in [0.2, 0.25) is 25.7 Å². The van der Waals surface area contributed by atoms with E-state index in [-0.39, 0.29) is 23.5 Å². The van der Waals surface area contributed by atoms with E-state index in [0.717, 1.165) is 6.04 Å². The van der Waals surface area contributed by atoms with E-state index in [1.165, 1.54) is 18.2 Å². The van der Waals surface area contributed by atoms with Gasteiger partial charge < -0.3 is 18.9 Å². The van der Waals surface area contributed by atoms with E-state index in [2.05, 4.69) is 19.6 Å². The molecule has 0 amide bonds. The van der Waals surface area contributed by atoms with E-state index in [1.807, 2.05) is 0 Å². The fourth-order valence-corrected chi connectivity index (χ4v) is 4.07. The maximum atomic E-state index is 13.2. The standard InChI is InChI=1S/C27H33Cl3O7Si/c1-26(2,3)37-25(33)22-15-18(23(31)36-17-34-13-14-38(4,5)6)11-12-20(22)19-9-7-8-10-21(19)24(32)35-16-27(28,29)30/h7-12,15H,13-14,16-17H2,1-6H3. The minimum Gasteiger partial charge on any atom is -0.458 e. The summed E-state index contributed by atoms with van der Waals surface area (Å²) in [5.41, 5.74) is 0.242. The summed E-state index contributed by atoms with van der Waals surface area (Å²) in [5, 5.41) is 0. The predicted octanol–water partition coefficient (Wildman–Crippen LogP) is 7.31. The second-order valence-corrected chi connectivity index (χ2v) is 18.9. The van der Waals surface area contributed by atoms with Crippen LogP contribution < -0.4 is 0 Å². The Morgan fingerprint density at radius 1 is 0.816 bits per heavy atom. The molecule has 38 heavy (non-hydrogen) atoms. The molecular weight excluding hydrogens is 571 g/mol. The fourth-order valence-electron chi connectivity index (χ4n) is 3.14. The Labute approximate surface area is 239 Å². The highest BCUT2D eigenvalue weighted by Crippen LogP contribution is 2.32. The van der Waals surface area contributed by atoms with E-state index >= 15 is 0 Å². The molecule has 0 aromatic heterocycles. The van der Waals surface area contributed by atoms with Crippen molar-refractivity contribution in [1.29, 1.82) is 0 Å². The van der Waals surface area contributed by atoms with Crippen molar-refractivity contribution in [3.05, 3.63) is 59.2 Å². The summed E-state index contributed by atoms with van der Waals surface area (Å²) >= 11 is 17.1. The molecule has 0 fully saturated rings. The van der Waals surface area contributed by atoms with E-state index in [9.17, 15) is 14.4 Å². The van der Waals surface area contributed by atoms with E-state index in [1.54, 1.807) is 45.0 Å². The number of carbonyl (C=O) groups is 3. The van der Waals surface area contributed by atoms with Crippen molar-refractivity contribution in [1.82, 2.24) is 0 Å². The van der Waals surface area contributed by atoms with E-state index in [4.69, 9.17) is 53.8 Å². The molecule has 11 heteroatoms. The van der Waals surface area contributed by atoms with Gasteiger partial charge in [-0.3, -0.25) is 0 Å². The third kappa shape index (κ3) is 10.9. The average Bonchev–Trinajstić information content (AvgIpc) is 2.79. The van der Waals surface area contributed by atoms with Crippen LogP contribution >= 0.6 is 34.8 Å². The predicted molar refractivity (Wildman–Crippen MR) is 152 cm³/mol. The second-order valence-electron chi connectivity index (χ2n) is 10.8. The van der Waals surface area contributed by atoms with Gasteiger partial charge in [-0.15, -0.1) is 0 Å². The van der Waals surface area contributed by atoms with Crippen LogP contribution in [0.5, 0.6) is 0 Å². The number of hydrogen-bond acceptors (Lipinski definition) is 7. The SMILES string of the molecule is CC(C)(C)OC(=O)c1cc(C(=O)OCOCC[Si](C)(C)C)ccc1-c1ccccc1C(=O)OCC(Cl)(Cl)Cl. The maximum Gasteiger partial charge on any atom is 0.340 e. The Hall–Kier alpha value is -2.10. The van der Waals surface area contributed by atoms with Gasteiger partial charge in [0, 0.05) is 14.7 Å². The van der Waals surface area contributed by atoms with Crippen molar-refractivity contribution < 1.29 is 33.3 Å². The largest absolute Gasteiger partial charge is 0.458 e. The van der Waals surface area contributed by atoms with Gasteiger partial charge in [-0.25, -0.2) is 14.4 Å². The number of ether oxygens (including phenoxy) is 4. The summed E-state index contributed by atoms with van der Waals surface area (Å²) in [7, 11) is -1.27. The molecule has 0 saturated heterocycles. The molecule has 0 radical (unpaired) electrons. The van der Waals surface area contributed by atoms with E-state index in [0.29, 0.717) is 17.7 Å². The zero-order valence-corrected chi connectivity index (χ0v) is 25.6. The number of esters is 3. The van der Waals surface area contributed by atoms with Crippen LogP contribution in [0.1, 0.15) is 51.8 Å². The van der Waals surface area contributed by atoms with Crippen molar-refractivity contribution in [2.75, 3.05) is 20.0 Å². The molecule has 0 unspecified atom stereocenters. The van der Waals surface area contributed by atoms with Crippen LogP contribution in [0.4, 0.5) is 0 Å². The molecule has 0 spiro atoms. The topological polar surface area (TPSA) is 88.1 Å². The fraction of sp³-hybridized carbons (Fsp3) is 0.444. The number of carbonyl (C=O) groups excluding carboxylic acids is 3. The summed E-state index contributed by atoms with van der Waals surface area (Å²) < 4.78 is 19.6. The van der Waals surface area contributed by atoms with Crippen LogP contribution in [0.3, 0.4) is 0 Å². The number of halogens is 3. The number of rotatable bonds is 10. The summed E-state index contributed by atoms with van der Waals surface area (Å²) in [4.78, 5) is 38.7. The van der Waals surface area contributed by atoms with Gasteiger partial charge in [0.25, 0.3) is 0 Å². The lowest BCUT2D eigenvalue weighted by molar-refractivity contribution is -0.0276. The zero-order valence-electron chi connectivity index (χ0n) is 22.4. The summed E-state index contributed by atoms with van der Waals surface area (Å²) in [6, 6.07) is 11.8. The normalized spacial score (nSPS) is 12.1. The molecule has 0 N–H and O–H groups in total. The third-order valence-corrected chi connectivity index (χ3v) is 6.98. The minimum absolute atomic E-state index is 0.0654. The molecule has 0 aliphatic heterocycles. The summed E-state index contributed by atoms with van der Waals surface area (Å²) in [6.45, 7) is 11.7. The first-order chi connectivity index (χ1) is 17.5. The highest BCUT2D eigenvalue weighted by atomic mass is 35.6. The van der Waals surface area contributed by atoms with E-state index < -0.39 is 42.0 Å². The van der Waals surface area contributed by atoms with Gasteiger partial charge >= 0.3 is 17.9 Å². The maximum absolute atomic E-state index is 13.2. The lowest BCUT2D eigenvalue weighted by Crippen LogP contribution is -2.25. The van der Waals surface area contributed by atoms with Crippen LogP contribution in [-0.4, -0.2) is 55.4 Å². The molecule has 0 atom stereocenters. The molecule has 0 bridgehead atoms. The Morgan fingerprint density at radius 3 is 2.05 bits per heavy atom. The quantitative estimate of drug-likeness (QED) is 0.0703. The van der Waals surface area contributed by atoms with Gasteiger partial charge in [0.05, 0.1) is 16.7 Å². The Balaban J connectivity index is 2.39. The van der Waals surface area contributed by atoms with Crippen molar-refractivity contribution >= 4 is 60.8 Å². The van der Waals surface area contributed by atoms with Gasteiger partial charge in [-0.1, -0.05) is 78.7 Å². The lowest BCUT2D eigenvalue weighted by Gasteiger charge is -2.21. The van der Waals surface area contributed by atoms with Crippen molar-refractivity contribution in [2.24, 2.45) is 0 Å². The van der Waals surface area contributed by atoms with Gasteiger partial charge in [-0.2, -0.15) is 0 Å². The van der Waals surface area contributed by atoms with Crippen molar-refractivity contribution in [2.45, 2.75) is 55.8 Å². The first-order valence-electron chi connectivity index (χ1n) is 11.9.